The minimum absolute atomic E-state index is 0.635. The van der Waals surface area contributed by atoms with Gasteiger partial charge in [0.15, 0.2) is 11.2 Å². The summed E-state index contributed by atoms with van der Waals surface area (Å²) in [5.41, 5.74) is 27.1. The molecular weight excluding hydrogens is 1720 g/mol. The van der Waals surface area contributed by atoms with E-state index in [4.69, 9.17) is 23.8 Å². The van der Waals surface area contributed by atoms with Crippen molar-refractivity contribution in [1.82, 2.24) is 15.0 Å². The highest BCUT2D eigenvalue weighted by Crippen LogP contribution is 2.47. The van der Waals surface area contributed by atoms with Crippen LogP contribution in [0.1, 0.15) is 0 Å². The minimum atomic E-state index is 0.635. The third kappa shape index (κ3) is 16.2. The van der Waals surface area contributed by atoms with Gasteiger partial charge in [-0.25, -0.2) is 15.0 Å². The first-order valence-corrected chi connectivity index (χ1v) is 48.1. The van der Waals surface area contributed by atoms with Crippen molar-refractivity contribution in [3.8, 4) is 78.0 Å². The van der Waals surface area contributed by atoms with E-state index in [-0.39, 0.29) is 0 Å². The van der Waals surface area contributed by atoms with E-state index >= 15 is 0 Å². The van der Waals surface area contributed by atoms with Gasteiger partial charge in [-0.1, -0.05) is 358 Å². The molecule has 0 bridgehead atoms. The molecule has 140 heavy (non-hydrogen) atoms. The topological polar surface area (TPSA) is 74.7 Å². The molecule has 0 aliphatic heterocycles. The lowest BCUT2D eigenvalue weighted by atomic mass is 9.96. The fourth-order valence-corrected chi connectivity index (χ4v) is 20.8. The minimum Gasteiger partial charge on any atom is -0.435 e. The van der Waals surface area contributed by atoms with Crippen LogP contribution >= 0.6 is 11.3 Å². The zero-order chi connectivity index (χ0) is 92.8. The number of oxazole rings is 2. The number of hydrogen-bond donors (Lipinski definition) is 0. The van der Waals surface area contributed by atoms with E-state index < -0.39 is 0 Å². The standard InChI is InChI=1S/C45H30N2O.C43H28N2O.C43H28N2S/c1-4-10-31(11-5-1)33-18-23-38(24-19-33)47(39-25-20-34(21-26-39)32-12-6-2-7-13-32)40-27-28-41-37(30-40)17-16-35-22-29-42-44(43(35)41)48-45(46-42)36-14-8-3-9-15-36;1-3-10-32(11-4-1)43-44-40-26-21-31-15-16-35-27-34(20-25-39(35)41(31)42(40)46-43)30-17-22-37(23-18-30)45(36-13-5-2-6-14-36)38-24-19-29-9-7-8-12-33(29)28-38;1-3-10-32(11-4-1)43-44-42-40(46-43)26-21-31-15-16-35-27-34(20-25-39(35)41(31)42)30-17-22-37(23-18-30)45(36-13-5-2-6-14-36)38-24-19-29-9-7-8-12-33(29)28-38/h1-30H;2*1-28H. The number of nitrogens with zero attached hydrogens (tertiary/aromatic N) is 6. The number of para-hydroxylation sites is 2. The molecule has 24 aromatic carbocycles. The summed E-state index contributed by atoms with van der Waals surface area (Å²) in [6.45, 7) is 0. The summed E-state index contributed by atoms with van der Waals surface area (Å²) < 4.78 is 14.1. The van der Waals surface area contributed by atoms with E-state index in [0.29, 0.717) is 11.8 Å². The smallest absolute Gasteiger partial charge is 0.227 e. The molecule has 3 aromatic heterocycles. The van der Waals surface area contributed by atoms with Crippen molar-refractivity contribution >= 4 is 181 Å². The number of benzene rings is 24. The summed E-state index contributed by atoms with van der Waals surface area (Å²) in [6, 6.07) is 185. The molecule has 0 unspecified atom stereocenters. The van der Waals surface area contributed by atoms with Crippen LogP contribution in [0, 0.1) is 0 Å². The second kappa shape index (κ2) is 36.4. The first-order valence-electron chi connectivity index (χ1n) is 47.3. The average molecular weight is 1810 g/mol. The lowest BCUT2D eigenvalue weighted by molar-refractivity contribution is 0.623. The predicted molar refractivity (Wildman–Crippen MR) is 590 cm³/mol. The summed E-state index contributed by atoms with van der Waals surface area (Å²) in [7, 11) is 0. The molecule has 0 radical (unpaired) electrons. The molecule has 0 saturated carbocycles. The quantitative estimate of drug-likeness (QED) is 0.0886. The normalized spacial score (nSPS) is 11.4. The molecule has 0 saturated heterocycles. The van der Waals surface area contributed by atoms with Crippen LogP contribution in [0.2, 0.25) is 0 Å². The van der Waals surface area contributed by atoms with Crippen molar-refractivity contribution in [2.75, 3.05) is 14.7 Å². The molecule has 658 valence electrons. The van der Waals surface area contributed by atoms with Gasteiger partial charge in [-0.3, -0.25) is 0 Å². The Balaban J connectivity index is 0.000000111. The largest absolute Gasteiger partial charge is 0.435 e. The SMILES string of the molecule is c1ccc(-c2ccc(N(c3ccc(-c4ccccc4)cc3)c3ccc4c(ccc5ccc6nc(-c7ccccc7)oc6c54)c3)cc2)cc1.c1ccc(-c2nc3c(ccc4ccc5cc(-c6ccc(N(c7ccccc7)c7ccc8ccccc8c7)cc6)ccc5c43)s2)cc1.c1ccc(-c2nc3ccc4ccc5cc(-c6ccc(N(c7ccccc7)c7ccc8ccccc8c7)cc6)ccc5c4c3o2)cc1. The van der Waals surface area contributed by atoms with Gasteiger partial charge in [-0.15, -0.1) is 11.3 Å². The monoisotopic (exact) mass is 1810 g/mol. The van der Waals surface area contributed by atoms with Crippen LogP contribution in [-0.2, 0) is 0 Å². The van der Waals surface area contributed by atoms with Crippen LogP contribution < -0.4 is 14.7 Å². The third-order valence-electron chi connectivity index (χ3n) is 26.8. The average Bonchev–Trinajstić information content (AvgIpc) is 1.53. The summed E-state index contributed by atoms with van der Waals surface area (Å²) >= 11 is 1.76. The maximum atomic E-state index is 6.47. The number of hydrogen-bond acceptors (Lipinski definition) is 9. The van der Waals surface area contributed by atoms with E-state index in [1.165, 1.54) is 97.7 Å². The predicted octanol–water partition coefficient (Wildman–Crippen LogP) is 37.3. The fraction of sp³-hybridized carbons (Fsp3) is 0. The molecule has 8 nitrogen and oxygen atoms in total. The van der Waals surface area contributed by atoms with Crippen molar-refractivity contribution in [2.45, 2.75) is 0 Å². The number of thiazole rings is 1. The van der Waals surface area contributed by atoms with Gasteiger partial charge in [0.2, 0.25) is 11.8 Å². The summed E-state index contributed by atoms with van der Waals surface area (Å²) in [5.74, 6) is 1.28. The van der Waals surface area contributed by atoms with Gasteiger partial charge >= 0.3 is 0 Å². The zero-order valence-corrected chi connectivity index (χ0v) is 76.9. The van der Waals surface area contributed by atoms with E-state index in [1.807, 2.05) is 72.8 Å². The third-order valence-corrected chi connectivity index (χ3v) is 27.8. The maximum absolute atomic E-state index is 6.47. The summed E-state index contributed by atoms with van der Waals surface area (Å²) in [4.78, 5) is 21.8. The summed E-state index contributed by atoms with van der Waals surface area (Å²) in [6.07, 6.45) is 0. The summed E-state index contributed by atoms with van der Waals surface area (Å²) in [5, 5.41) is 19.9. The second-order valence-electron chi connectivity index (χ2n) is 35.3. The Morgan fingerprint density at radius 2 is 0.436 bits per heavy atom. The molecule has 0 fully saturated rings. The van der Waals surface area contributed by atoms with Gasteiger partial charge in [0.05, 0.1) is 10.2 Å². The lowest BCUT2D eigenvalue weighted by Crippen LogP contribution is -2.09. The number of fused-ring (bicyclic) bond motifs is 17. The van der Waals surface area contributed by atoms with E-state index in [1.54, 1.807) is 11.3 Å². The van der Waals surface area contributed by atoms with Crippen molar-refractivity contribution in [1.29, 1.82) is 0 Å². The Morgan fingerprint density at radius 1 is 0.171 bits per heavy atom. The zero-order valence-electron chi connectivity index (χ0n) is 76.1. The van der Waals surface area contributed by atoms with Gasteiger partial charge in [0.1, 0.15) is 16.0 Å². The van der Waals surface area contributed by atoms with E-state index in [9.17, 15) is 0 Å². The van der Waals surface area contributed by atoms with Crippen LogP contribution in [0.15, 0.2) is 531 Å². The van der Waals surface area contributed by atoms with Crippen LogP contribution in [0.25, 0.3) is 197 Å². The van der Waals surface area contributed by atoms with Crippen LogP contribution in [0.4, 0.5) is 51.2 Å². The molecular formula is C131H86N6O2S. The Morgan fingerprint density at radius 3 is 0.843 bits per heavy atom. The first kappa shape index (κ1) is 83.4. The first-order chi connectivity index (χ1) is 69.3. The molecule has 0 aliphatic rings. The van der Waals surface area contributed by atoms with Crippen molar-refractivity contribution in [3.63, 3.8) is 0 Å². The van der Waals surface area contributed by atoms with Gasteiger partial charge in [-0.05, 0) is 278 Å². The van der Waals surface area contributed by atoms with Crippen LogP contribution in [0.3, 0.4) is 0 Å². The molecule has 0 spiro atoms. The van der Waals surface area contributed by atoms with Gasteiger partial charge in [0, 0.05) is 84.0 Å². The van der Waals surface area contributed by atoms with E-state index in [2.05, 4.69) is 464 Å². The van der Waals surface area contributed by atoms with Crippen molar-refractivity contribution in [2.24, 2.45) is 0 Å². The van der Waals surface area contributed by atoms with Crippen molar-refractivity contribution < 1.29 is 8.83 Å². The lowest BCUT2D eigenvalue weighted by Gasteiger charge is -2.26. The molecule has 9 heteroatoms. The number of rotatable bonds is 16. The fourth-order valence-electron chi connectivity index (χ4n) is 19.8. The maximum Gasteiger partial charge on any atom is 0.227 e. The molecule has 27 rings (SSSR count). The Bertz CT molecular complexity index is 8830. The number of anilines is 9. The van der Waals surface area contributed by atoms with Crippen molar-refractivity contribution in [3.05, 3.63) is 522 Å². The van der Waals surface area contributed by atoms with Gasteiger partial charge < -0.3 is 23.5 Å². The van der Waals surface area contributed by atoms with Crippen LogP contribution in [0.5, 0.6) is 0 Å². The highest BCUT2D eigenvalue weighted by atomic mass is 32.1. The number of aromatic nitrogens is 3. The van der Waals surface area contributed by atoms with Crippen LogP contribution in [-0.4, -0.2) is 15.0 Å². The second-order valence-corrected chi connectivity index (χ2v) is 36.4. The Labute approximate surface area is 813 Å². The highest BCUT2D eigenvalue weighted by Gasteiger charge is 2.23. The molecule has 0 amide bonds. The van der Waals surface area contributed by atoms with E-state index in [0.717, 1.165) is 138 Å². The molecule has 0 atom stereocenters. The molecule has 27 aromatic rings. The molecule has 3 heterocycles. The molecule has 0 N–H and O–H groups in total. The highest BCUT2D eigenvalue weighted by molar-refractivity contribution is 7.21. The molecule has 0 aliphatic carbocycles. The van der Waals surface area contributed by atoms with Gasteiger partial charge in [-0.2, -0.15) is 0 Å². The Kier molecular flexibility index (Phi) is 21.7. The Hall–Kier alpha value is -18.4. The van der Waals surface area contributed by atoms with Gasteiger partial charge in [0.25, 0.3) is 0 Å².